The van der Waals surface area contributed by atoms with Crippen molar-refractivity contribution in [1.82, 2.24) is 4.98 Å². The second-order valence-electron chi connectivity index (χ2n) is 3.49. The van der Waals surface area contributed by atoms with Crippen molar-refractivity contribution in [3.05, 3.63) is 65.5 Å². The summed E-state index contributed by atoms with van der Waals surface area (Å²) >= 11 is 5.73. The van der Waals surface area contributed by atoms with Gasteiger partial charge < -0.3 is 0 Å². The lowest BCUT2D eigenvalue weighted by atomic mass is 10.1. The average Bonchev–Trinajstić information content (AvgIpc) is 2.31. The maximum atomic E-state index is 5.73. The molecule has 1 aromatic heterocycles. The minimum absolute atomic E-state index is 0. The maximum Gasteiger partial charge on any atom is 0.0474 e. The van der Waals surface area contributed by atoms with Crippen molar-refractivity contribution in [2.75, 3.05) is 0 Å². The molecule has 0 radical (unpaired) electrons. The summed E-state index contributed by atoms with van der Waals surface area (Å²) in [6.45, 7) is 0. The third-order valence-electron chi connectivity index (χ3n) is 2.31. The third-order valence-corrected chi connectivity index (χ3v) is 2.62. The monoisotopic (exact) mass is 253 g/mol. The molecule has 0 amide bonds. The Hall–Kier alpha value is -1.05. The number of halogens is 2. The normalized spacial score (nSPS) is 9.56. The van der Waals surface area contributed by atoms with Crippen molar-refractivity contribution in [3.63, 3.8) is 0 Å². The Morgan fingerprint density at radius 3 is 2.19 bits per heavy atom. The van der Waals surface area contributed by atoms with E-state index in [1.54, 1.807) is 6.20 Å². The van der Waals surface area contributed by atoms with E-state index in [1.807, 2.05) is 12.3 Å². The predicted octanol–water partition coefficient (Wildman–Crippen LogP) is 3.83. The molecule has 0 bridgehead atoms. The molecule has 0 aliphatic heterocycles. The summed E-state index contributed by atoms with van der Waals surface area (Å²) in [5, 5.41) is 0. The second-order valence-corrected chi connectivity index (χ2v) is 3.76. The average molecular weight is 254 g/mol. The van der Waals surface area contributed by atoms with Crippen LogP contribution in [-0.4, -0.2) is 4.98 Å². The summed E-state index contributed by atoms with van der Waals surface area (Å²) in [6, 6.07) is 12.4. The fourth-order valence-electron chi connectivity index (χ4n) is 1.48. The van der Waals surface area contributed by atoms with Gasteiger partial charge in [-0.25, -0.2) is 0 Å². The van der Waals surface area contributed by atoms with Gasteiger partial charge in [-0.2, -0.15) is 0 Å². The van der Waals surface area contributed by atoms with E-state index in [2.05, 4.69) is 35.3 Å². The molecule has 1 nitrogen and oxygen atoms in total. The van der Waals surface area contributed by atoms with Crippen molar-refractivity contribution in [1.29, 1.82) is 0 Å². The topological polar surface area (TPSA) is 12.9 Å². The highest BCUT2D eigenvalue weighted by Gasteiger charge is 1.96. The Labute approximate surface area is 107 Å². The van der Waals surface area contributed by atoms with E-state index in [-0.39, 0.29) is 12.4 Å². The van der Waals surface area contributed by atoms with Crippen LogP contribution in [0.1, 0.15) is 16.7 Å². The summed E-state index contributed by atoms with van der Waals surface area (Å²) in [6.07, 6.45) is 4.62. The standard InChI is InChI=1S/C13H12ClN.ClH/c14-9-12-5-3-11(4-6-12)8-13-2-1-7-15-10-13;/h1-7,10H,8-9H2;1H. The van der Waals surface area contributed by atoms with E-state index in [9.17, 15) is 0 Å². The van der Waals surface area contributed by atoms with Gasteiger partial charge in [0.25, 0.3) is 0 Å². The summed E-state index contributed by atoms with van der Waals surface area (Å²) < 4.78 is 0. The Bertz CT molecular complexity index is 412. The van der Waals surface area contributed by atoms with Gasteiger partial charge in [0.1, 0.15) is 0 Å². The first-order chi connectivity index (χ1) is 7.38. The highest BCUT2D eigenvalue weighted by molar-refractivity contribution is 6.17. The first kappa shape index (κ1) is 13.0. The van der Waals surface area contributed by atoms with Crippen LogP contribution >= 0.6 is 24.0 Å². The quantitative estimate of drug-likeness (QED) is 0.758. The molecule has 0 N–H and O–H groups in total. The largest absolute Gasteiger partial charge is 0.264 e. The molecule has 0 saturated carbocycles. The molecule has 1 aromatic carbocycles. The SMILES string of the molecule is Cl.ClCc1ccc(Cc2cccnc2)cc1. The third kappa shape index (κ3) is 3.51. The van der Waals surface area contributed by atoms with E-state index < -0.39 is 0 Å². The van der Waals surface area contributed by atoms with E-state index in [0.717, 1.165) is 12.0 Å². The first-order valence-electron chi connectivity index (χ1n) is 4.91. The van der Waals surface area contributed by atoms with E-state index in [1.165, 1.54) is 11.1 Å². The molecular formula is C13H13Cl2N. The lowest BCUT2D eigenvalue weighted by Gasteiger charge is -2.02. The molecule has 3 heteroatoms. The number of rotatable bonds is 3. The second kappa shape index (κ2) is 6.51. The van der Waals surface area contributed by atoms with E-state index in [4.69, 9.17) is 11.6 Å². The van der Waals surface area contributed by atoms with Gasteiger partial charge in [-0.05, 0) is 29.2 Å². The van der Waals surface area contributed by atoms with Gasteiger partial charge in [0, 0.05) is 18.3 Å². The van der Waals surface area contributed by atoms with Gasteiger partial charge >= 0.3 is 0 Å². The molecule has 0 aliphatic carbocycles. The minimum atomic E-state index is 0. The van der Waals surface area contributed by atoms with Crippen LogP contribution in [0, 0.1) is 0 Å². The highest BCUT2D eigenvalue weighted by Crippen LogP contribution is 2.11. The van der Waals surface area contributed by atoms with Crippen molar-refractivity contribution < 1.29 is 0 Å². The molecule has 0 aliphatic rings. The number of aromatic nitrogens is 1. The fourth-order valence-corrected chi connectivity index (χ4v) is 1.66. The van der Waals surface area contributed by atoms with Crippen LogP contribution in [-0.2, 0) is 12.3 Å². The Morgan fingerprint density at radius 2 is 1.62 bits per heavy atom. The minimum Gasteiger partial charge on any atom is -0.264 e. The Kier molecular flexibility index (Phi) is 5.30. The zero-order valence-electron chi connectivity index (χ0n) is 8.77. The van der Waals surface area contributed by atoms with Crippen LogP contribution in [0.5, 0.6) is 0 Å². The lowest BCUT2D eigenvalue weighted by molar-refractivity contribution is 1.14. The fraction of sp³-hybridized carbons (Fsp3) is 0.154. The summed E-state index contributed by atoms with van der Waals surface area (Å²) in [5.41, 5.74) is 3.68. The van der Waals surface area contributed by atoms with E-state index in [0.29, 0.717) is 5.88 Å². The highest BCUT2D eigenvalue weighted by atomic mass is 35.5. The lowest BCUT2D eigenvalue weighted by Crippen LogP contribution is -1.89. The van der Waals surface area contributed by atoms with Crippen LogP contribution in [0.2, 0.25) is 0 Å². The van der Waals surface area contributed by atoms with Crippen LogP contribution in [0.15, 0.2) is 48.8 Å². The molecule has 84 valence electrons. The molecule has 0 fully saturated rings. The van der Waals surface area contributed by atoms with Crippen molar-refractivity contribution in [3.8, 4) is 0 Å². The van der Waals surface area contributed by atoms with Crippen LogP contribution < -0.4 is 0 Å². The van der Waals surface area contributed by atoms with Gasteiger partial charge in [-0.1, -0.05) is 30.3 Å². The van der Waals surface area contributed by atoms with Crippen molar-refractivity contribution >= 4 is 24.0 Å². The number of benzene rings is 1. The summed E-state index contributed by atoms with van der Waals surface area (Å²) in [5.74, 6) is 0.577. The first-order valence-corrected chi connectivity index (χ1v) is 5.44. The predicted molar refractivity (Wildman–Crippen MR) is 70.3 cm³/mol. The smallest absolute Gasteiger partial charge is 0.0474 e. The molecule has 16 heavy (non-hydrogen) atoms. The zero-order valence-corrected chi connectivity index (χ0v) is 10.3. The molecular weight excluding hydrogens is 241 g/mol. The van der Waals surface area contributed by atoms with Gasteiger partial charge in [0.15, 0.2) is 0 Å². The number of nitrogens with zero attached hydrogens (tertiary/aromatic N) is 1. The molecule has 0 unspecified atom stereocenters. The van der Waals surface area contributed by atoms with Gasteiger partial charge in [-0.15, -0.1) is 24.0 Å². The Balaban J connectivity index is 0.00000128. The molecule has 1 heterocycles. The van der Waals surface area contributed by atoms with Gasteiger partial charge in [0.2, 0.25) is 0 Å². The van der Waals surface area contributed by atoms with Crippen LogP contribution in [0.25, 0.3) is 0 Å². The number of pyridine rings is 1. The van der Waals surface area contributed by atoms with Gasteiger partial charge in [0.05, 0.1) is 0 Å². The molecule has 0 saturated heterocycles. The van der Waals surface area contributed by atoms with Crippen molar-refractivity contribution in [2.45, 2.75) is 12.3 Å². The summed E-state index contributed by atoms with van der Waals surface area (Å²) in [7, 11) is 0. The molecule has 2 aromatic rings. The number of hydrogen-bond donors (Lipinski definition) is 0. The Morgan fingerprint density at radius 1 is 0.938 bits per heavy atom. The molecule has 2 rings (SSSR count). The molecule has 0 spiro atoms. The molecule has 0 atom stereocenters. The van der Waals surface area contributed by atoms with E-state index >= 15 is 0 Å². The number of alkyl halides is 1. The zero-order chi connectivity index (χ0) is 10.5. The van der Waals surface area contributed by atoms with Crippen molar-refractivity contribution in [2.24, 2.45) is 0 Å². The van der Waals surface area contributed by atoms with Crippen LogP contribution in [0.3, 0.4) is 0 Å². The van der Waals surface area contributed by atoms with Crippen LogP contribution in [0.4, 0.5) is 0 Å². The van der Waals surface area contributed by atoms with Gasteiger partial charge in [-0.3, -0.25) is 4.98 Å². The maximum absolute atomic E-state index is 5.73. The summed E-state index contributed by atoms with van der Waals surface area (Å²) in [4.78, 5) is 4.09. The number of hydrogen-bond acceptors (Lipinski definition) is 1.